The Morgan fingerprint density at radius 3 is 2.71 bits per heavy atom. The van der Waals surface area contributed by atoms with Crippen LogP contribution in [-0.4, -0.2) is 15.4 Å². The van der Waals surface area contributed by atoms with E-state index in [4.69, 9.17) is 23.2 Å². The first-order valence-electron chi connectivity index (χ1n) is 6.28. The van der Waals surface area contributed by atoms with Gasteiger partial charge in [0.1, 0.15) is 11.6 Å². The van der Waals surface area contributed by atoms with Crippen molar-refractivity contribution in [2.45, 2.75) is 6.42 Å². The van der Waals surface area contributed by atoms with Crippen LogP contribution in [0.4, 0.5) is 4.39 Å². The van der Waals surface area contributed by atoms with E-state index in [2.05, 4.69) is 27.6 Å². The van der Waals surface area contributed by atoms with Crippen molar-refractivity contribution in [1.29, 1.82) is 0 Å². The van der Waals surface area contributed by atoms with Gasteiger partial charge in [-0.15, -0.1) is 11.6 Å². The summed E-state index contributed by atoms with van der Waals surface area (Å²) in [6.45, 7) is 0. The molecular weight excluding hydrogens is 425 g/mol. The second kappa shape index (κ2) is 6.10. The number of imidazole rings is 1. The molecule has 0 unspecified atom stereocenters. The second-order valence-electron chi connectivity index (χ2n) is 4.56. The molecule has 2 nitrogen and oxygen atoms in total. The molecule has 0 N–H and O–H groups in total. The Balaban J connectivity index is 2.30. The van der Waals surface area contributed by atoms with Crippen molar-refractivity contribution in [2.24, 2.45) is 0 Å². The molecule has 3 aromatic rings. The van der Waals surface area contributed by atoms with Crippen molar-refractivity contribution in [3.05, 3.63) is 56.6 Å². The first kappa shape index (κ1) is 15.1. The third-order valence-corrected chi connectivity index (χ3v) is 4.19. The lowest BCUT2D eigenvalue weighted by molar-refractivity contribution is 0.626. The van der Waals surface area contributed by atoms with Crippen molar-refractivity contribution in [2.75, 3.05) is 5.88 Å². The summed E-state index contributed by atoms with van der Waals surface area (Å²) < 4.78 is 16.7. The number of aromatic nitrogens is 2. The maximum atomic E-state index is 13.7. The van der Waals surface area contributed by atoms with E-state index in [1.165, 1.54) is 12.1 Å². The van der Waals surface area contributed by atoms with Crippen molar-refractivity contribution in [3.8, 4) is 5.69 Å². The zero-order valence-electron chi connectivity index (χ0n) is 10.8. The molecule has 0 amide bonds. The second-order valence-corrected chi connectivity index (χ2v) is 6.62. The number of hydrogen-bond donors (Lipinski definition) is 0. The van der Waals surface area contributed by atoms with Crippen LogP contribution >= 0.6 is 45.8 Å². The number of benzene rings is 2. The first-order valence-corrected chi connectivity index (χ1v) is 8.27. The van der Waals surface area contributed by atoms with Crippen molar-refractivity contribution < 1.29 is 4.39 Å². The van der Waals surface area contributed by atoms with Crippen molar-refractivity contribution >= 4 is 56.8 Å². The highest BCUT2D eigenvalue weighted by Gasteiger charge is 2.13. The maximum absolute atomic E-state index is 13.7. The van der Waals surface area contributed by atoms with Gasteiger partial charge >= 0.3 is 0 Å². The number of halogens is 4. The van der Waals surface area contributed by atoms with Gasteiger partial charge in [-0.1, -0.05) is 11.6 Å². The smallest absolute Gasteiger partial charge is 0.126 e. The third-order valence-electron chi connectivity index (χ3n) is 3.11. The molecule has 0 atom stereocenters. The molecule has 3 rings (SSSR count). The molecule has 21 heavy (non-hydrogen) atoms. The Morgan fingerprint density at radius 2 is 2.00 bits per heavy atom. The zero-order chi connectivity index (χ0) is 15.0. The van der Waals surface area contributed by atoms with Crippen LogP contribution in [0.15, 0.2) is 36.4 Å². The molecule has 2 aromatic carbocycles. The van der Waals surface area contributed by atoms with Gasteiger partial charge < -0.3 is 0 Å². The van der Waals surface area contributed by atoms with Crippen LogP contribution in [0.5, 0.6) is 0 Å². The number of hydrogen-bond acceptors (Lipinski definition) is 1. The Kier molecular flexibility index (Phi) is 4.38. The molecule has 108 valence electrons. The summed E-state index contributed by atoms with van der Waals surface area (Å²) in [5.41, 5.74) is 2.43. The highest BCUT2D eigenvalue weighted by atomic mass is 127. The molecule has 0 radical (unpaired) electrons. The average molecular weight is 435 g/mol. The summed E-state index contributed by atoms with van der Waals surface area (Å²) >= 11 is 14.1. The summed E-state index contributed by atoms with van der Waals surface area (Å²) in [7, 11) is 0. The molecule has 0 aliphatic rings. The highest BCUT2D eigenvalue weighted by molar-refractivity contribution is 14.1. The van der Waals surface area contributed by atoms with Crippen LogP contribution in [0.25, 0.3) is 16.7 Å². The maximum Gasteiger partial charge on any atom is 0.126 e. The van der Waals surface area contributed by atoms with E-state index >= 15 is 0 Å². The minimum Gasteiger partial charge on any atom is -0.296 e. The lowest BCUT2D eigenvalue weighted by Gasteiger charge is -2.09. The van der Waals surface area contributed by atoms with Crippen LogP contribution in [0.2, 0.25) is 5.02 Å². The summed E-state index contributed by atoms with van der Waals surface area (Å²) in [5, 5.41) is 0.356. The van der Waals surface area contributed by atoms with Crippen LogP contribution in [0.1, 0.15) is 5.82 Å². The van der Waals surface area contributed by atoms with Gasteiger partial charge in [0.05, 0.1) is 16.7 Å². The summed E-state index contributed by atoms with van der Waals surface area (Å²) in [6, 6.07) is 10.4. The predicted molar refractivity (Wildman–Crippen MR) is 93.2 cm³/mol. The van der Waals surface area contributed by atoms with Crippen LogP contribution in [0.3, 0.4) is 0 Å². The van der Waals surface area contributed by atoms with Gasteiger partial charge in [0, 0.05) is 20.9 Å². The Morgan fingerprint density at radius 1 is 1.19 bits per heavy atom. The predicted octanol–water partition coefficient (Wildman–Crippen LogP) is 5.20. The number of alkyl halides is 1. The fraction of sp³-hybridized carbons (Fsp3) is 0.133. The first-order chi connectivity index (χ1) is 10.1. The van der Waals surface area contributed by atoms with Gasteiger partial charge in [0.25, 0.3) is 0 Å². The quantitative estimate of drug-likeness (QED) is 0.409. The topological polar surface area (TPSA) is 17.8 Å². The monoisotopic (exact) mass is 434 g/mol. The van der Waals surface area contributed by atoms with E-state index in [1.54, 1.807) is 6.07 Å². The number of aryl methyl sites for hydroxylation is 1. The molecule has 1 aromatic heterocycles. The van der Waals surface area contributed by atoms with Gasteiger partial charge in [0.2, 0.25) is 0 Å². The average Bonchev–Trinajstić information content (AvgIpc) is 2.75. The van der Waals surface area contributed by atoms with E-state index in [1.807, 2.05) is 22.8 Å². The molecule has 0 aliphatic carbocycles. The lowest BCUT2D eigenvalue weighted by atomic mass is 10.2. The van der Waals surface area contributed by atoms with E-state index in [0.717, 1.165) is 20.4 Å². The van der Waals surface area contributed by atoms with E-state index in [9.17, 15) is 4.39 Å². The molecule has 0 saturated heterocycles. The minimum atomic E-state index is -0.373. The van der Waals surface area contributed by atoms with Crippen LogP contribution < -0.4 is 0 Å². The minimum absolute atomic E-state index is 0.356. The number of nitrogens with zero attached hydrogens (tertiary/aromatic N) is 2. The SMILES string of the molecule is Fc1cc(Cl)cc(-n2c(CCCl)nc3cc(I)ccc32)c1. The van der Waals surface area contributed by atoms with Crippen LogP contribution in [0, 0.1) is 9.39 Å². The van der Waals surface area contributed by atoms with E-state index in [-0.39, 0.29) is 5.82 Å². The summed E-state index contributed by atoms with van der Waals surface area (Å²) in [4.78, 5) is 4.61. The van der Waals surface area contributed by atoms with Gasteiger partial charge in [-0.2, -0.15) is 0 Å². The zero-order valence-corrected chi connectivity index (χ0v) is 14.5. The molecule has 1 heterocycles. The summed E-state index contributed by atoms with van der Waals surface area (Å²) in [6.07, 6.45) is 0.598. The third kappa shape index (κ3) is 3.03. The standard InChI is InChI=1S/C15H10Cl2FIN2/c16-4-3-15-20-13-8-11(19)1-2-14(13)21(15)12-6-9(17)5-10(18)7-12/h1-2,5-8H,3-4H2. The Bertz CT molecular complexity index is 797. The fourth-order valence-electron chi connectivity index (χ4n) is 2.31. The van der Waals surface area contributed by atoms with Crippen molar-refractivity contribution in [1.82, 2.24) is 9.55 Å². The summed E-state index contributed by atoms with van der Waals surface area (Å²) in [5.74, 6) is 0.870. The van der Waals surface area contributed by atoms with E-state index < -0.39 is 0 Å². The van der Waals surface area contributed by atoms with Gasteiger partial charge in [-0.25, -0.2) is 9.37 Å². The molecule has 0 fully saturated rings. The number of fused-ring (bicyclic) bond motifs is 1. The molecule has 0 spiro atoms. The molecule has 0 bridgehead atoms. The van der Waals surface area contributed by atoms with Gasteiger partial charge in [-0.3, -0.25) is 4.57 Å². The van der Waals surface area contributed by atoms with E-state index in [0.29, 0.717) is 23.0 Å². The van der Waals surface area contributed by atoms with Gasteiger partial charge in [-0.05, 0) is 59.0 Å². The molecule has 0 aliphatic heterocycles. The normalized spacial score (nSPS) is 11.2. The number of rotatable bonds is 3. The Labute approximate surface area is 145 Å². The fourth-order valence-corrected chi connectivity index (χ4v) is 3.17. The van der Waals surface area contributed by atoms with Crippen molar-refractivity contribution in [3.63, 3.8) is 0 Å². The molecule has 6 heteroatoms. The molecule has 0 saturated carbocycles. The largest absolute Gasteiger partial charge is 0.296 e. The Hall–Kier alpha value is -0.850. The van der Waals surface area contributed by atoms with Crippen LogP contribution in [-0.2, 0) is 6.42 Å². The highest BCUT2D eigenvalue weighted by Crippen LogP contribution is 2.26. The lowest BCUT2D eigenvalue weighted by Crippen LogP contribution is -2.02. The molecular formula is C15H10Cl2FIN2. The van der Waals surface area contributed by atoms with Gasteiger partial charge in [0.15, 0.2) is 0 Å².